The van der Waals surface area contributed by atoms with Gasteiger partial charge in [-0.2, -0.15) is 5.10 Å². The number of likely N-dealkylation sites (N-methyl/N-ethyl adjacent to an activating group) is 1. The summed E-state index contributed by atoms with van der Waals surface area (Å²) < 4.78 is 7.24. The average Bonchev–Trinajstić information content (AvgIpc) is 3.20. The normalized spacial score (nSPS) is 10.4. The molecule has 0 aliphatic rings. The number of rotatable bonds is 7. The molecule has 3 aromatic rings. The van der Waals surface area contributed by atoms with Crippen molar-refractivity contribution in [2.24, 2.45) is 0 Å². The van der Waals surface area contributed by atoms with Gasteiger partial charge in [-0.05, 0) is 48.0 Å². The van der Waals surface area contributed by atoms with Crippen molar-refractivity contribution in [3.63, 3.8) is 0 Å². The minimum atomic E-state index is -0.193. The van der Waals surface area contributed by atoms with E-state index in [9.17, 15) is 9.59 Å². The Morgan fingerprint density at radius 1 is 1.07 bits per heavy atom. The van der Waals surface area contributed by atoms with Crippen molar-refractivity contribution >= 4 is 17.5 Å². The van der Waals surface area contributed by atoms with Crippen LogP contribution in [0.2, 0.25) is 0 Å². The minimum absolute atomic E-state index is 0.0242. The van der Waals surface area contributed by atoms with Gasteiger partial charge in [0.05, 0.1) is 6.54 Å². The maximum Gasteiger partial charge on any atom is 0.259 e. The van der Waals surface area contributed by atoms with E-state index in [1.165, 1.54) is 4.90 Å². The highest BCUT2D eigenvalue weighted by molar-refractivity contribution is 6.04. The number of aromatic nitrogens is 2. The fourth-order valence-corrected chi connectivity index (χ4v) is 2.45. The molecule has 7 heteroatoms. The number of carbonyl (C=O) groups is 2. The SMILES string of the molecule is CN(C)C(=O)COc1ccc(NC(=O)c2ccc(Cn3cccn3)cc2)cc1. The molecule has 1 heterocycles. The van der Waals surface area contributed by atoms with Gasteiger partial charge in [-0.25, -0.2) is 0 Å². The molecule has 7 nitrogen and oxygen atoms in total. The van der Waals surface area contributed by atoms with Gasteiger partial charge in [0.1, 0.15) is 5.75 Å². The van der Waals surface area contributed by atoms with Gasteiger partial charge < -0.3 is 15.0 Å². The first-order valence-corrected chi connectivity index (χ1v) is 8.82. The predicted molar refractivity (Wildman–Crippen MR) is 106 cm³/mol. The van der Waals surface area contributed by atoms with Gasteiger partial charge in [-0.3, -0.25) is 14.3 Å². The number of amides is 2. The number of carbonyl (C=O) groups excluding carboxylic acids is 2. The van der Waals surface area contributed by atoms with Gasteiger partial charge in [-0.15, -0.1) is 0 Å². The first kappa shape index (κ1) is 19.2. The molecule has 0 aliphatic carbocycles. The van der Waals surface area contributed by atoms with Crippen molar-refractivity contribution in [2.45, 2.75) is 6.54 Å². The third-order valence-electron chi connectivity index (χ3n) is 4.09. The lowest BCUT2D eigenvalue weighted by molar-refractivity contribution is -0.130. The van der Waals surface area contributed by atoms with Gasteiger partial charge in [0.25, 0.3) is 11.8 Å². The van der Waals surface area contributed by atoms with E-state index in [-0.39, 0.29) is 18.4 Å². The molecule has 0 aliphatic heterocycles. The summed E-state index contributed by atoms with van der Waals surface area (Å²) in [6.07, 6.45) is 3.63. The van der Waals surface area contributed by atoms with E-state index < -0.39 is 0 Å². The highest BCUT2D eigenvalue weighted by Crippen LogP contribution is 2.17. The summed E-state index contributed by atoms with van der Waals surface area (Å²) in [5.41, 5.74) is 2.28. The zero-order valence-electron chi connectivity index (χ0n) is 15.8. The van der Waals surface area contributed by atoms with Gasteiger partial charge >= 0.3 is 0 Å². The van der Waals surface area contributed by atoms with Crippen molar-refractivity contribution in [2.75, 3.05) is 26.0 Å². The summed E-state index contributed by atoms with van der Waals surface area (Å²) in [7, 11) is 3.35. The third-order valence-corrected chi connectivity index (χ3v) is 4.09. The second kappa shape index (κ2) is 8.85. The van der Waals surface area contributed by atoms with Crippen LogP contribution in [0, 0.1) is 0 Å². The van der Waals surface area contributed by atoms with Crippen LogP contribution in [0.3, 0.4) is 0 Å². The number of nitrogens with zero attached hydrogens (tertiary/aromatic N) is 3. The Morgan fingerprint density at radius 3 is 2.39 bits per heavy atom. The molecule has 0 atom stereocenters. The second-order valence-corrected chi connectivity index (χ2v) is 6.46. The lowest BCUT2D eigenvalue weighted by Gasteiger charge is -2.12. The van der Waals surface area contributed by atoms with Crippen LogP contribution in [0.25, 0.3) is 0 Å². The smallest absolute Gasteiger partial charge is 0.259 e. The van der Waals surface area contributed by atoms with E-state index in [0.29, 0.717) is 23.5 Å². The van der Waals surface area contributed by atoms with Crippen LogP contribution in [0.15, 0.2) is 67.0 Å². The Balaban J connectivity index is 1.54. The maximum absolute atomic E-state index is 12.4. The number of anilines is 1. The van der Waals surface area contributed by atoms with Crippen LogP contribution in [0.1, 0.15) is 15.9 Å². The fourth-order valence-electron chi connectivity index (χ4n) is 2.45. The molecular weight excluding hydrogens is 356 g/mol. The van der Waals surface area contributed by atoms with E-state index in [0.717, 1.165) is 5.56 Å². The van der Waals surface area contributed by atoms with Gasteiger partial charge in [0.2, 0.25) is 0 Å². The highest BCUT2D eigenvalue weighted by atomic mass is 16.5. The molecule has 0 spiro atoms. The standard InChI is InChI=1S/C21H22N4O3/c1-24(2)20(26)15-28-19-10-8-18(9-11-19)23-21(27)17-6-4-16(5-7-17)14-25-13-3-12-22-25/h3-13H,14-15H2,1-2H3,(H,23,27). The average molecular weight is 378 g/mol. The zero-order chi connectivity index (χ0) is 19.9. The molecule has 0 bridgehead atoms. The van der Waals surface area contributed by atoms with E-state index in [1.807, 2.05) is 29.1 Å². The summed E-state index contributed by atoms with van der Waals surface area (Å²) in [6.45, 7) is 0.635. The molecule has 28 heavy (non-hydrogen) atoms. The van der Waals surface area contributed by atoms with Gasteiger partial charge in [0.15, 0.2) is 6.61 Å². The van der Waals surface area contributed by atoms with Crippen LogP contribution in [-0.2, 0) is 11.3 Å². The van der Waals surface area contributed by atoms with Crippen LogP contribution in [-0.4, -0.2) is 47.2 Å². The Labute approximate surface area is 163 Å². The van der Waals surface area contributed by atoms with E-state index in [2.05, 4.69) is 10.4 Å². The molecule has 0 unspecified atom stereocenters. The molecule has 0 saturated heterocycles. The Morgan fingerprint density at radius 2 is 1.79 bits per heavy atom. The van der Waals surface area contributed by atoms with Crippen molar-refractivity contribution in [3.8, 4) is 5.75 Å². The van der Waals surface area contributed by atoms with Gasteiger partial charge in [-0.1, -0.05) is 12.1 Å². The largest absolute Gasteiger partial charge is 0.484 e. The summed E-state index contributed by atoms with van der Waals surface area (Å²) in [5.74, 6) is 0.256. The lowest BCUT2D eigenvalue weighted by atomic mass is 10.1. The van der Waals surface area contributed by atoms with Crippen molar-refractivity contribution in [3.05, 3.63) is 78.1 Å². The molecule has 3 rings (SSSR count). The summed E-state index contributed by atoms with van der Waals surface area (Å²) in [5, 5.41) is 7.02. The second-order valence-electron chi connectivity index (χ2n) is 6.46. The zero-order valence-corrected chi connectivity index (χ0v) is 15.8. The molecule has 1 aromatic heterocycles. The molecule has 1 N–H and O–H groups in total. The number of benzene rings is 2. The Kier molecular flexibility index (Phi) is 6.06. The summed E-state index contributed by atoms with van der Waals surface area (Å²) >= 11 is 0. The number of hydrogen-bond acceptors (Lipinski definition) is 4. The monoisotopic (exact) mass is 378 g/mol. The molecule has 2 aromatic carbocycles. The fraction of sp³-hybridized carbons (Fsp3) is 0.190. The molecular formula is C21H22N4O3. The predicted octanol–water partition coefficient (Wildman–Crippen LogP) is 2.65. The highest BCUT2D eigenvalue weighted by Gasteiger charge is 2.08. The maximum atomic E-state index is 12.4. The van der Waals surface area contributed by atoms with E-state index in [4.69, 9.17) is 4.74 Å². The van der Waals surface area contributed by atoms with Crippen LogP contribution in [0.4, 0.5) is 5.69 Å². The van der Waals surface area contributed by atoms with Crippen molar-refractivity contribution < 1.29 is 14.3 Å². The topological polar surface area (TPSA) is 76.5 Å². The van der Waals surface area contributed by atoms with Crippen molar-refractivity contribution in [1.82, 2.24) is 14.7 Å². The molecule has 0 fully saturated rings. The van der Waals surface area contributed by atoms with Crippen LogP contribution < -0.4 is 10.1 Å². The third kappa shape index (κ3) is 5.20. The summed E-state index contributed by atoms with van der Waals surface area (Å²) in [6, 6.07) is 16.2. The first-order valence-electron chi connectivity index (χ1n) is 8.82. The number of nitrogens with one attached hydrogen (secondary N) is 1. The van der Waals surface area contributed by atoms with E-state index >= 15 is 0 Å². The quantitative estimate of drug-likeness (QED) is 0.686. The molecule has 0 saturated carbocycles. The molecule has 2 amide bonds. The first-order chi connectivity index (χ1) is 13.5. The number of ether oxygens (including phenoxy) is 1. The molecule has 0 radical (unpaired) electrons. The summed E-state index contributed by atoms with van der Waals surface area (Å²) in [4.78, 5) is 25.4. The Bertz CT molecular complexity index is 917. The lowest BCUT2D eigenvalue weighted by Crippen LogP contribution is -2.27. The van der Waals surface area contributed by atoms with Crippen LogP contribution >= 0.6 is 0 Å². The minimum Gasteiger partial charge on any atom is -0.484 e. The number of hydrogen-bond donors (Lipinski definition) is 1. The van der Waals surface area contributed by atoms with Crippen LogP contribution in [0.5, 0.6) is 5.75 Å². The van der Waals surface area contributed by atoms with Crippen molar-refractivity contribution in [1.29, 1.82) is 0 Å². The van der Waals surface area contributed by atoms with E-state index in [1.54, 1.807) is 56.7 Å². The molecule has 144 valence electrons. The van der Waals surface area contributed by atoms with Gasteiger partial charge in [0, 0.05) is 37.7 Å². The Hall–Kier alpha value is -3.61.